The third-order valence-electron chi connectivity index (χ3n) is 2.82. The van der Waals surface area contributed by atoms with Crippen LogP contribution in [0.15, 0.2) is 40.9 Å². The fourth-order valence-electron chi connectivity index (χ4n) is 1.88. The average Bonchev–Trinajstić information content (AvgIpc) is 2.30. The smallest absolute Gasteiger partial charge is 0.124 e. The predicted octanol–water partition coefficient (Wildman–Crippen LogP) is 4.08. The third kappa shape index (κ3) is 2.76. The van der Waals surface area contributed by atoms with Crippen LogP contribution in [0.4, 0.5) is 8.78 Å². The summed E-state index contributed by atoms with van der Waals surface area (Å²) in [5.41, 5.74) is 8.22. The first kappa shape index (κ1) is 13.2. The molecule has 0 radical (unpaired) electrons. The number of aryl methyl sites for hydroxylation is 1. The molecule has 94 valence electrons. The number of nitrogens with two attached hydrogens (primary N) is 1. The van der Waals surface area contributed by atoms with Crippen LogP contribution in [-0.2, 0) is 0 Å². The quantitative estimate of drug-likeness (QED) is 0.888. The van der Waals surface area contributed by atoms with Gasteiger partial charge in [-0.15, -0.1) is 0 Å². The standard InChI is InChI=1S/C14H12BrF2N/c1-8-2-3-11(16)7-13(8)14(18)9-4-10(15)6-12(17)5-9/h2-7,14H,18H2,1H3. The van der Waals surface area contributed by atoms with Crippen LogP contribution in [0.25, 0.3) is 0 Å². The topological polar surface area (TPSA) is 26.0 Å². The minimum absolute atomic E-state index is 0.346. The Bertz CT molecular complexity index is 564. The van der Waals surface area contributed by atoms with E-state index in [0.717, 1.165) is 5.56 Å². The van der Waals surface area contributed by atoms with Crippen LogP contribution >= 0.6 is 15.9 Å². The van der Waals surface area contributed by atoms with Crippen molar-refractivity contribution in [3.05, 3.63) is 69.2 Å². The Labute approximate surface area is 113 Å². The minimum atomic E-state index is -0.548. The molecule has 0 spiro atoms. The van der Waals surface area contributed by atoms with Crippen molar-refractivity contribution >= 4 is 15.9 Å². The Balaban J connectivity index is 2.47. The lowest BCUT2D eigenvalue weighted by atomic mass is 9.95. The molecule has 0 aromatic heterocycles. The van der Waals surface area contributed by atoms with Gasteiger partial charge in [-0.2, -0.15) is 0 Å². The fourth-order valence-corrected chi connectivity index (χ4v) is 2.36. The van der Waals surface area contributed by atoms with Gasteiger partial charge in [0.15, 0.2) is 0 Å². The molecule has 0 fully saturated rings. The van der Waals surface area contributed by atoms with E-state index in [1.807, 2.05) is 6.92 Å². The van der Waals surface area contributed by atoms with Crippen molar-refractivity contribution in [2.45, 2.75) is 13.0 Å². The molecule has 0 heterocycles. The summed E-state index contributed by atoms with van der Waals surface area (Å²) in [6.45, 7) is 1.85. The lowest BCUT2D eigenvalue weighted by molar-refractivity contribution is 0.618. The molecule has 0 saturated heterocycles. The molecule has 1 unspecified atom stereocenters. The van der Waals surface area contributed by atoms with Gasteiger partial charge >= 0.3 is 0 Å². The molecule has 2 aromatic rings. The fraction of sp³-hybridized carbons (Fsp3) is 0.143. The van der Waals surface area contributed by atoms with E-state index < -0.39 is 6.04 Å². The van der Waals surface area contributed by atoms with Gasteiger partial charge < -0.3 is 5.73 Å². The number of rotatable bonds is 2. The maximum absolute atomic E-state index is 13.3. The highest BCUT2D eigenvalue weighted by atomic mass is 79.9. The molecule has 0 aliphatic rings. The van der Waals surface area contributed by atoms with Gasteiger partial charge in [-0.1, -0.05) is 22.0 Å². The van der Waals surface area contributed by atoms with Crippen molar-refractivity contribution in [1.29, 1.82) is 0 Å². The normalized spacial score (nSPS) is 12.5. The van der Waals surface area contributed by atoms with E-state index in [4.69, 9.17) is 5.73 Å². The minimum Gasteiger partial charge on any atom is -0.320 e. The second-order valence-corrected chi connectivity index (χ2v) is 5.10. The Hall–Kier alpha value is -1.26. The van der Waals surface area contributed by atoms with Crippen LogP contribution in [-0.4, -0.2) is 0 Å². The summed E-state index contributed by atoms with van der Waals surface area (Å²) < 4.78 is 27.2. The second-order valence-electron chi connectivity index (χ2n) is 4.18. The summed E-state index contributed by atoms with van der Waals surface area (Å²) in [5, 5.41) is 0. The first-order chi connectivity index (χ1) is 8.47. The zero-order valence-corrected chi connectivity index (χ0v) is 11.3. The summed E-state index contributed by atoms with van der Waals surface area (Å²) in [4.78, 5) is 0. The monoisotopic (exact) mass is 311 g/mol. The summed E-state index contributed by atoms with van der Waals surface area (Å²) in [7, 11) is 0. The molecule has 0 aliphatic heterocycles. The van der Waals surface area contributed by atoms with Gasteiger partial charge in [-0.25, -0.2) is 8.78 Å². The third-order valence-corrected chi connectivity index (χ3v) is 3.28. The lowest BCUT2D eigenvalue weighted by Gasteiger charge is -2.16. The summed E-state index contributed by atoms with van der Waals surface area (Å²) in [6.07, 6.45) is 0. The molecule has 18 heavy (non-hydrogen) atoms. The predicted molar refractivity (Wildman–Crippen MR) is 71.3 cm³/mol. The highest BCUT2D eigenvalue weighted by Crippen LogP contribution is 2.26. The van der Waals surface area contributed by atoms with Crippen molar-refractivity contribution in [1.82, 2.24) is 0 Å². The molecule has 0 aliphatic carbocycles. The van der Waals surface area contributed by atoms with Gasteiger partial charge in [-0.05, 0) is 53.9 Å². The van der Waals surface area contributed by atoms with Crippen LogP contribution in [0.2, 0.25) is 0 Å². The van der Waals surface area contributed by atoms with E-state index in [1.54, 1.807) is 12.1 Å². The number of hydrogen-bond acceptors (Lipinski definition) is 1. The number of benzene rings is 2. The van der Waals surface area contributed by atoms with Crippen molar-refractivity contribution < 1.29 is 8.78 Å². The van der Waals surface area contributed by atoms with E-state index in [-0.39, 0.29) is 11.6 Å². The van der Waals surface area contributed by atoms with Crippen LogP contribution < -0.4 is 5.73 Å². The zero-order chi connectivity index (χ0) is 13.3. The Morgan fingerprint density at radius 2 is 1.78 bits per heavy atom. The highest BCUT2D eigenvalue weighted by Gasteiger charge is 2.14. The van der Waals surface area contributed by atoms with Crippen molar-refractivity contribution in [2.75, 3.05) is 0 Å². The van der Waals surface area contributed by atoms with Gasteiger partial charge in [0.05, 0.1) is 6.04 Å². The number of hydrogen-bond donors (Lipinski definition) is 1. The number of halogens is 3. The van der Waals surface area contributed by atoms with E-state index in [2.05, 4.69) is 15.9 Å². The maximum atomic E-state index is 13.3. The first-order valence-electron chi connectivity index (χ1n) is 5.45. The molecular weight excluding hydrogens is 300 g/mol. The summed E-state index contributed by atoms with van der Waals surface area (Å²) >= 11 is 3.22. The Kier molecular flexibility index (Phi) is 3.78. The van der Waals surface area contributed by atoms with Gasteiger partial charge in [0, 0.05) is 4.47 Å². The second kappa shape index (κ2) is 5.16. The van der Waals surface area contributed by atoms with E-state index >= 15 is 0 Å². The van der Waals surface area contributed by atoms with Crippen molar-refractivity contribution in [2.24, 2.45) is 5.73 Å². The van der Waals surface area contributed by atoms with E-state index in [0.29, 0.717) is 15.6 Å². The SMILES string of the molecule is Cc1ccc(F)cc1C(N)c1cc(F)cc(Br)c1. The first-order valence-corrected chi connectivity index (χ1v) is 6.24. The maximum Gasteiger partial charge on any atom is 0.124 e. The molecule has 0 bridgehead atoms. The lowest BCUT2D eigenvalue weighted by Crippen LogP contribution is -2.14. The van der Waals surface area contributed by atoms with E-state index in [9.17, 15) is 8.78 Å². The Morgan fingerprint density at radius 3 is 2.44 bits per heavy atom. The summed E-state index contributed by atoms with van der Waals surface area (Å²) in [6, 6.07) is 8.34. The van der Waals surface area contributed by atoms with Gasteiger partial charge in [0.25, 0.3) is 0 Å². The molecule has 1 nitrogen and oxygen atoms in total. The van der Waals surface area contributed by atoms with Crippen LogP contribution in [0, 0.1) is 18.6 Å². The molecule has 1 atom stereocenters. The van der Waals surface area contributed by atoms with Crippen LogP contribution in [0.3, 0.4) is 0 Å². The molecule has 0 amide bonds. The molecule has 2 N–H and O–H groups in total. The largest absolute Gasteiger partial charge is 0.320 e. The molecule has 2 aromatic carbocycles. The van der Waals surface area contributed by atoms with Crippen LogP contribution in [0.1, 0.15) is 22.7 Å². The molecule has 4 heteroatoms. The van der Waals surface area contributed by atoms with Crippen molar-refractivity contribution in [3.63, 3.8) is 0 Å². The van der Waals surface area contributed by atoms with Gasteiger partial charge in [-0.3, -0.25) is 0 Å². The highest BCUT2D eigenvalue weighted by molar-refractivity contribution is 9.10. The van der Waals surface area contributed by atoms with E-state index in [1.165, 1.54) is 24.3 Å². The average molecular weight is 312 g/mol. The van der Waals surface area contributed by atoms with Crippen LogP contribution in [0.5, 0.6) is 0 Å². The zero-order valence-electron chi connectivity index (χ0n) is 9.75. The van der Waals surface area contributed by atoms with Gasteiger partial charge in [0.1, 0.15) is 11.6 Å². The molecule has 0 saturated carbocycles. The van der Waals surface area contributed by atoms with Gasteiger partial charge in [0.2, 0.25) is 0 Å². The molecular formula is C14H12BrF2N. The molecule has 2 rings (SSSR count). The van der Waals surface area contributed by atoms with Crippen molar-refractivity contribution in [3.8, 4) is 0 Å². The Morgan fingerprint density at radius 1 is 1.06 bits per heavy atom. The summed E-state index contributed by atoms with van der Waals surface area (Å²) in [5.74, 6) is -0.717.